The van der Waals surface area contributed by atoms with E-state index in [1.54, 1.807) is 13.8 Å². The van der Waals surface area contributed by atoms with Gasteiger partial charge >= 0.3 is 12.4 Å². The molecule has 0 saturated carbocycles. The van der Waals surface area contributed by atoms with E-state index < -0.39 is 119 Å². The van der Waals surface area contributed by atoms with Crippen molar-refractivity contribution in [3.05, 3.63) is 93.0 Å². The van der Waals surface area contributed by atoms with Crippen LogP contribution in [-0.2, 0) is 58.8 Å². The third kappa shape index (κ3) is 10.7. The molecule has 1 aliphatic carbocycles. The van der Waals surface area contributed by atoms with E-state index >= 15 is 8.78 Å². The summed E-state index contributed by atoms with van der Waals surface area (Å²) in [6.07, 6.45) is -9.51. The first-order valence-electron chi connectivity index (χ1n) is 19.2. The van der Waals surface area contributed by atoms with Crippen LogP contribution >= 0.6 is 23.5 Å². The van der Waals surface area contributed by atoms with Crippen LogP contribution in [0.1, 0.15) is 67.1 Å². The molecule has 0 fully saturated rings. The molecule has 3 aromatic heterocycles. The third-order valence-electron chi connectivity index (χ3n) is 10.2. The number of fused-ring (bicyclic) bond motifs is 2. The Morgan fingerprint density at radius 1 is 1.05 bits per heavy atom. The van der Waals surface area contributed by atoms with Gasteiger partial charge in [-0.2, -0.15) is 45.3 Å². The molecule has 6 rings (SSSR count). The van der Waals surface area contributed by atoms with Gasteiger partial charge in [-0.05, 0) is 104 Å². The zero-order chi connectivity index (χ0) is 48.1. The molecule has 0 bridgehead atoms. The molecular weight excluding hydrogens is 942 g/mol. The van der Waals surface area contributed by atoms with Crippen molar-refractivity contribution in [3.8, 4) is 23.0 Å². The number of carbonyl (C=O) groups excluding carboxylic acids is 2. The van der Waals surface area contributed by atoms with E-state index in [4.69, 9.17) is 17.3 Å². The molecule has 0 radical (unpaired) electrons. The van der Waals surface area contributed by atoms with Crippen molar-refractivity contribution >= 4 is 63.3 Å². The predicted octanol–water partition coefficient (Wildman–Crippen LogP) is 8.41. The minimum Gasteiger partial charge on any atom is -0.615 e. The first kappa shape index (κ1) is 49.4. The number of nitrogens with two attached hydrogens (primary N) is 1. The van der Waals surface area contributed by atoms with E-state index in [0.717, 1.165) is 28.4 Å². The molecule has 24 heteroatoms. The molecule has 0 spiro atoms. The highest BCUT2D eigenvalue weighted by Gasteiger charge is 2.50. The number of alkyl halides is 8. The zero-order valence-corrected chi connectivity index (χ0v) is 37.1. The maximum absolute atomic E-state index is 15.1. The number of benzene rings is 2. The van der Waals surface area contributed by atoms with Crippen LogP contribution in [0.15, 0.2) is 42.5 Å². The SMILES string of the molecule is CSN(C(=O)C(C)N)c1nn(CC(F)(F)F)c2c(-c3ccc(C#CC(C)(C)[S+](C)[O-])nc3C(Cc3cc(F)cc(F)c3)NC(=O)Cn3nc(C(F)(F)F)c4c3C(F)(F)CC4)ccc(Cl)c12. The summed E-state index contributed by atoms with van der Waals surface area (Å²) in [7, 11) is 0. The summed E-state index contributed by atoms with van der Waals surface area (Å²) in [5.74, 6) is -2.68. The zero-order valence-electron chi connectivity index (χ0n) is 34.7. The van der Waals surface area contributed by atoms with Gasteiger partial charge in [0, 0.05) is 35.4 Å². The Balaban J connectivity index is 1.62. The molecule has 65 heavy (non-hydrogen) atoms. The van der Waals surface area contributed by atoms with Crippen LogP contribution in [-0.4, -0.2) is 70.4 Å². The number of nitrogens with zero attached hydrogens (tertiary/aromatic N) is 6. The van der Waals surface area contributed by atoms with Crippen molar-refractivity contribution in [2.75, 3.05) is 16.8 Å². The molecule has 0 saturated heterocycles. The summed E-state index contributed by atoms with van der Waals surface area (Å²) in [4.78, 5) is 31.9. The number of pyridine rings is 1. The van der Waals surface area contributed by atoms with Gasteiger partial charge in [-0.1, -0.05) is 17.7 Å². The van der Waals surface area contributed by atoms with E-state index in [1.165, 1.54) is 43.7 Å². The lowest BCUT2D eigenvalue weighted by molar-refractivity contribution is -0.143. The monoisotopic (exact) mass is 978 g/mol. The largest absolute Gasteiger partial charge is 0.615 e. The van der Waals surface area contributed by atoms with E-state index in [-0.39, 0.29) is 54.5 Å². The Hall–Kier alpha value is -5.02. The van der Waals surface area contributed by atoms with Crippen LogP contribution < -0.4 is 15.4 Å². The standard InChI is InChI=1S/C41H37ClF10N8O3S2/c1-20(53)37(62)60(64-4)36-31-28(42)9-8-26(33(31)59(57-36)19-40(47,48)49)25-7-6-24(10-12-38(2,3)65(5)63)54-32(25)29(16-21-14-22(43)17-23(44)15-21)55-30(61)18-58-35-27(11-13-39(35,45)46)34(56-58)41(50,51)52/h6-9,14-15,17,20,29H,11,13,16,18-19,53H2,1-5H3,(H,55,61). The number of anilines is 1. The molecule has 0 aliphatic heterocycles. The lowest BCUT2D eigenvalue weighted by Crippen LogP contribution is -2.38. The second-order valence-corrected chi connectivity index (χ2v) is 18.6. The highest BCUT2D eigenvalue weighted by atomic mass is 35.5. The number of aromatic nitrogens is 5. The summed E-state index contributed by atoms with van der Waals surface area (Å²) in [6.45, 7) is 1.50. The molecule has 2 aromatic carbocycles. The Kier molecular flexibility index (Phi) is 13.9. The molecule has 2 amide bonds. The van der Waals surface area contributed by atoms with Gasteiger partial charge in [0.15, 0.2) is 16.3 Å². The molecule has 3 heterocycles. The van der Waals surface area contributed by atoms with Crippen molar-refractivity contribution in [3.63, 3.8) is 0 Å². The Morgan fingerprint density at radius 2 is 1.69 bits per heavy atom. The van der Waals surface area contributed by atoms with Crippen LogP contribution in [0, 0.1) is 23.5 Å². The first-order chi connectivity index (χ1) is 30.1. The van der Waals surface area contributed by atoms with Crippen LogP contribution in [0.3, 0.4) is 0 Å². The molecule has 3 unspecified atom stereocenters. The smallest absolute Gasteiger partial charge is 0.435 e. The predicted molar refractivity (Wildman–Crippen MR) is 224 cm³/mol. The van der Waals surface area contributed by atoms with Gasteiger partial charge in [-0.25, -0.2) is 18.1 Å². The van der Waals surface area contributed by atoms with E-state index in [9.17, 15) is 49.3 Å². The second-order valence-electron chi connectivity index (χ2n) is 15.5. The van der Waals surface area contributed by atoms with Crippen molar-refractivity contribution in [1.82, 2.24) is 29.9 Å². The van der Waals surface area contributed by atoms with Gasteiger partial charge in [0.05, 0.1) is 40.0 Å². The number of carbonyl (C=O) groups is 2. The number of nitrogens with one attached hydrogen (secondary N) is 1. The molecule has 11 nitrogen and oxygen atoms in total. The average Bonchev–Trinajstić information content (AvgIpc) is 3.85. The number of amides is 2. The van der Waals surface area contributed by atoms with Crippen LogP contribution in [0.4, 0.5) is 49.7 Å². The normalized spacial score (nSPS) is 15.3. The van der Waals surface area contributed by atoms with Crippen LogP contribution in [0.5, 0.6) is 0 Å². The molecule has 348 valence electrons. The number of hydrogen-bond acceptors (Lipinski definition) is 8. The van der Waals surface area contributed by atoms with Crippen molar-refractivity contribution in [2.45, 2.75) is 88.2 Å². The lowest BCUT2D eigenvalue weighted by atomic mass is 9.93. The summed E-state index contributed by atoms with van der Waals surface area (Å²) in [5, 5.41) is 9.68. The van der Waals surface area contributed by atoms with E-state index in [0.29, 0.717) is 10.7 Å². The molecule has 3 N–H and O–H groups in total. The number of rotatable bonds is 12. The van der Waals surface area contributed by atoms with E-state index in [2.05, 4.69) is 32.3 Å². The average molecular weight is 979 g/mol. The van der Waals surface area contributed by atoms with Gasteiger partial charge in [0.1, 0.15) is 36.1 Å². The Labute approximate surface area is 376 Å². The molecule has 1 aliphatic rings. The van der Waals surface area contributed by atoms with Gasteiger partial charge in [-0.3, -0.25) is 19.0 Å². The summed E-state index contributed by atoms with van der Waals surface area (Å²) >= 11 is 5.92. The third-order valence-corrected chi connectivity index (χ3v) is 12.8. The number of hydrogen-bond donors (Lipinski definition) is 2. The van der Waals surface area contributed by atoms with Gasteiger partial charge in [0.2, 0.25) is 5.91 Å². The van der Waals surface area contributed by atoms with Crippen LogP contribution in [0.2, 0.25) is 5.02 Å². The first-order valence-corrected chi connectivity index (χ1v) is 22.3. The van der Waals surface area contributed by atoms with Gasteiger partial charge in [-0.15, -0.1) is 0 Å². The maximum Gasteiger partial charge on any atom is 0.435 e. The quantitative estimate of drug-likeness (QED) is 0.0549. The lowest BCUT2D eigenvalue weighted by Gasteiger charge is -2.23. The minimum absolute atomic E-state index is 0.0860. The highest BCUT2D eigenvalue weighted by molar-refractivity contribution is 8.00. The number of halogens is 11. The Bertz CT molecular complexity index is 2710. The van der Waals surface area contributed by atoms with Crippen molar-refractivity contribution < 1.29 is 58.0 Å². The maximum atomic E-state index is 15.1. The minimum atomic E-state index is -5.17. The highest BCUT2D eigenvalue weighted by Crippen LogP contribution is 2.47. The fourth-order valence-corrected chi connectivity index (χ4v) is 8.22. The topological polar surface area (TPSA) is 147 Å². The van der Waals surface area contributed by atoms with E-state index in [1.807, 2.05) is 0 Å². The van der Waals surface area contributed by atoms with Gasteiger partial charge in [0.25, 0.3) is 11.8 Å². The summed E-state index contributed by atoms with van der Waals surface area (Å²) in [6, 6.07) is 4.77. The van der Waals surface area contributed by atoms with Crippen LogP contribution in [0.25, 0.3) is 22.0 Å². The van der Waals surface area contributed by atoms with Gasteiger partial charge < -0.3 is 15.6 Å². The fourth-order valence-electron chi connectivity index (χ4n) is 7.14. The molecule has 5 aromatic rings. The summed E-state index contributed by atoms with van der Waals surface area (Å²) < 4.78 is 158. The second kappa shape index (κ2) is 18.3. The summed E-state index contributed by atoms with van der Waals surface area (Å²) in [5.41, 5.74) is 1.32. The van der Waals surface area contributed by atoms with Crippen molar-refractivity contribution in [2.24, 2.45) is 5.73 Å². The van der Waals surface area contributed by atoms with Crippen molar-refractivity contribution in [1.29, 1.82) is 0 Å². The Morgan fingerprint density at radius 3 is 2.28 bits per heavy atom. The molecule has 3 atom stereocenters. The fraction of sp³-hybridized carbons (Fsp3) is 0.390. The molecular formula is C41H37ClF10N8O3S2.